The van der Waals surface area contributed by atoms with Crippen molar-refractivity contribution < 1.29 is 23.1 Å². The molecule has 0 fully saturated rings. The van der Waals surface area contributed by atoms with Crippen LogP contribution in [-0.2, 0) is 16.4 Å². The fraction of sp³-hybridized carbons (Fsp3) is 0.250. The zero-order valence-electron chi connectivity index (χ0n) is 12.0. The number of carboxylic acids is 1. The van der Waals surface area contributed by atoms with Gasteiger partial charge < -0.3 is 5.11 Å². The van der Waals surface area contributed by atoms with Crippen molar-refractivity contribution in [2.75, 3.05) is 0 Å². The standard InChI is InChI=1S/C16H14F3NO2/c1-15(2,14(21)22)11-5-3-10(4-6-11)13-8-7-12(9-20-13)16(17,18)19/h3-9H,1-2H3,(H,21,22). The average Bonchev–Trinajstić information content (AvgIpc) is 2.46. The third-order valence-electron chi connectivity index (χ3n) is 3.53. The second-order valence-electron chi connectivity index (χ2n) is 5.44. The van der Waals surface area contributed by atoms with Crippen LogP contribution in [0.1, 0.15) is 25.0 Å². The van der Waals surface area contributed by atoms with E-state index in [0.717, 1.165) is 12.3 Å². The first-order valence-electron chi connectivity index (χ1n) is 6.50. The summed E-state index contributed by atoms with van der Waals surface area (Å²) in [5.41, 5.74) is -0.214. The van der Waals surface area contributed by atoms with Crippen molar-refractivity contribution in [1.29, 1.82) is 0 Å². The molecule has 6 heteroatoms. The molecule has 0 amide bonds. The van der Waals surface area contributed by atoms with Gasteiger partial charge in [-0.1, -0.05) is 24.3 Å². The van der Waals surface area contributed by atoms with Gasteiger partial charge in [-0.15, -0.1) is 0 Å². The van der Waals surface area contributed by atoms with Gasteiger partial charge in [-0.2, -0.15) is 13.2 Å². The van der Waals surface area contributed by atoms with Gasteiger partial charge in [-0.3, -0.25) is 9.78 Å². The Bertz CT molecular complexity index is 674. The molecule has 116 valence electrons. The maximum Gasteiger partial charge on any atom is 0.417 e. The molecule has 0 spiro atoms. The van der Waals surface area contributed by atoms with Crippen molar-refractivity contribution in [3.05, 3.63) is 53.7 Å². The van der Waals surface area contributed by atoms with Gasteiger partial charge in [0.2, 0.25) is 0 Å². The number of aliphatic carboxylic acids is 1. The summed E-state index contributed by atoms with van der Waals surface area (Å²) in [6, 6.07) is 8.84. The van der Waals surface area contributed by atoms with Crippen LogP contribution in [0.4, 0.5) is 13.2 Å². The lowest BCUT2D eigenvalue weighted by atomic mass is 9.84. The minimum absolute atomic E-state index is 0.396. The van der Waals surface area contributed by atoms with E-state index in [9.17, 15) is 18.0 Å². The Morgan fingerprint density at radius 2 is 1.55 bits per heavy atom. The first-order chi connectivity index (χ1) is 10.1. The van der Waals surface area contributed by atoms with Gasteiger partial charge in [0.05, 0.1) is 16.7 Å². The van der Waals surface area contributed by atoms with Crippen LogP contribution in [0, 0.1) is 0 Å². The molecule has 1 heterocycles. The summed E-state index contributed by atoms with van der Waals surface area (Å²) in [7, 11) is 0. The molecule has 2 aromatic rings. The minimum Gasteiger partial charge on any atom is -0.481 e. The van der Waals surface area contributed by atoms with Gasteiger partial charge in [-0.05, 0) is 31.5 Å². The second-order valence-corrected chi connectivity index (χ2v) is 5.44. The van der Waals surface area contributed by atoms with Crippen molar-refractivity contribution in [2.45, 2.75) is 25.4 Å². The Labute approximate surface area is 125 Å². The van der Waals surface area contributed by atoms with E-state index < -0.39 is 23.1 Å². The molecule has 0 unspecified atom stereocenters. The van der Waals surface area contributed by atoms with Crippen LogP contribution in [0.5, 0.6) is 0 Å². The van der Waals surface area contributed by atoms with Gasteiger partial charge in [0.25, 0.3) is 0 Å². The topological polar surface area (TPSA) is 50.2 Å². The monoisotopic (exact) mass is 309 g/mol. The predicted octanol–water partition coefficient (Wildman–Crippen LogP) is 4.13. The maximum absolute atomic E-state index is 12.5. The van der Waals surface area contributed by atoms with Crippen molar-refractivity contribution in [1.82, 2.24) is 4.98 Å². The lowest BCUT2D eigenvalue weighted by molar-refractivity contribution is -0.142. The molecule has 2 rings (SSSR count). The van der Waals surface area contributed by atoms with E-state index >= 15 is 0 Å². The fourth-order valence-electron chi connectivity index (χ4n) is 1.91. The van der Waals surface area contributed by atoms with Gasteiger partial charge in [0.15, 0.2) is 0 Å². The number of carboxylic acid groups (broad SMARTS) is 1. The molecule has 22 heavy (non-hydrogen) atoms. The van der Waals surface area contributed by atoms with Crippen molar-refractivity contribution in [3.63, 3.8) is 0 Å². The van der Waals surface area contributed by atoms with E-state index in [1.807, 2.05) is 0 Å². The lowest BCUT2D eigenvalue weighted by Gasteiger charge is -2.19. The summed E-state index contributed by atoms with van der Waals surface area (Å²) in [6.07, 6.45) is -3.63. The molecular formula is C16H14F3NO2. The van der Waals surface area contributed by atoms with E-state index in [-0.39, 0.29) is 0 Å². The van der Waals surface area contributed by atoms with E-state index in [1.54, 1.807) is 38.1 Å². The average molecular weight is 309 g/mol. The molecule has 1 N–H and O–H groups in total. The molecule has 0 radical (unpaired) electrons. The summed E-state index contributed by atoms with van der Waals surface area (Å²) in [6.45, 7) is 3.17. The van der Waals surface area contributed by atoms with Crippen LogP contribution in [0.15, 0.2) is 42.6 Å². The summed E-state index contributed by atoms with van der Waals surface area (Å²) in [4.78, 5) is 15.0. The van der Waals surface area contributed by atoms with Gasteiger partial charge in [0.1, 0.15) is 0 Å². The Hall–Kier alpha value is -2.37. The fourth-order valence-corrected chi connectivity index (χ4v) is 1.91. The van der Waals surface area contributed by atoms with E-state index in [0.29, 0.717) is 16.8 Å². The van der Waals surface area contributed by atoms with Crippen LogP contribution in [-0.4, -0.2) is 16.1 Å². The highest BCUT2D eigenvalue weighted by Crippen LogP contribution is 2.30. The molecule has 0 saturated heterocycles. The molecule has 3 nitrogen and oxygen atoms in total. The number of alkyl halides is 3. The number of pyridine rings is 1. The first-order valence-corrected chi connectivity index (χ1v) is 6.50. The minimum atomic E-state index is -4.42. The molecule has 0 aliphatic carbocycles. The van der Waals surface area contributed by atoms with E-state index in [1.165, 1.54) is 6.07 Å². The third kappa shape index (κ3) is 3.10. The lowest BCUT2D eigenvalue weighted by Crippen LogP contribution is -2.28. The molecule has 0 atom stereocenters. The van der Waals surface area contributed by atoms with Crippen molar-refractivity contribution >= 4 is 5.97 Å². The summed E-state index contributed by atoms with van der Waals surface area (Å²) in [5.74, 6) is -0.951. The van der Waals surface area contributed by atoms with Crippen LogP contribution in [0.3, 0.4) is 0 Å². The third-order valence-corrected chi connectivity index (χ3v) is 3.53. The second kappa shape index (κ2) is 5.44. The highest BCUT2D eigenvalue weighted by Gasteiger charge is 2.31. The normalized spacial score (nSPS) is 12.2. The SMILES string of the molecule is CC(C)(C(=O)O)c1ccc(-c2ccc(C(F)(F)F)cn2)cc1. The number of halogens is 3. The first kappa shape index (κ1) is 16.0. The largest absolute Gasteiger partial charge is 0.481 e. The number of benzene rings is 1. The van der Waals surface area contributed by atoms with Crippen LogP contribution in [0.25, 0.3) is 11.3 Å². The molecule has 0 aliphatic heterocycles. The smallest absolute Gasteiger partial charge is 0.417 e. The molecule has 1 aromatic heterocycles. The molecular weight excluding hydrogens is 295 g/mol. The maximum atomic E-state index is 12.5. The molecule has 0 bridgehead atoms. The summed E-state index contributed by atoms with van der Waals surface area (Å²) in [5, 5.41) is 9.17. The van der Waals surface area contributed by atoms with Gasteiger partial charge >= 0.3 is 12.1 Å². The Morgan fingerprint density at radius 3 is 1.95 bits per heavy atom. The van der Waals surface area contributed by atoms with E-state index in [4.69, 9.17) is 5.11 Å². The number of carbonyl (C=O) groups is 1. The zero-order valence-corrected chi connectivity index (χ0v) is 12.0. The molecule has 1 aromatic carbocycles. The zero-order chi connectivity index (χ0) is 16.5. The molecule has 0 saturated carbocycles. The highest BCUT2D eigenvalue weighted by atomic mass is 19.4. The van der Waals surface area contributed by atoms with Gasteiger partial charge in [0, 0.05) is 11.8 Å². The number of hydrogen-bond donors (Lipinski definition) is 1. The number of aromatic nitrogens is 1. The van der Waals surface area contributed by atoms with Crippen LogP contribution >= 0.6 is 0 Å². The summed E-state index contributed by atoms with van der Waals surface area (Å²) >= 11 is 0. The molecule has 0 aliphatic rings. The predicted molar refractivity (Wildman–Crippen MR) is 75.3 cm³/mol. The number of rotatable bonds is 3. The Morgan fingerprint density at radius 1 is 1.00 bits per heavy atom. The van der Waals surface area contributed by atoms with Crippen LogP contribution < -0.4 is 0 Å². The van der Waals surface area contributed by atoms with Gasteiger partial charge in [-0.25, -0.2) is 0 Å². The number of nitrogens with zero attached hydrogens (tertiary/aromatic N) is 1. The van der Waals surface area contributed by atoms with Crippen molar-refractivity contribution in [3.8, 4) is 11.3 Å². The van der Waals surface area contributed by atoms with Crippen LogP contribution in [0.2, 0.25) is 0 Å². The quantitative estimate of drug-likeness (QED) is 0.927. The van der Waals surface area contributed by atoms with E-state index in [2.05, 4.69) is 4.98 Å². The Balaban J connectivity index is 2.30. The van der Waals surface area contributed by atoms with Crippen molar-refractivity contribution in [2.24, 2.45) is 0 Å². The summed E-state index contributed by atoms with van der Waals surface area (Å²) < 4.78 is 37.5. The Kier molecular flexibility index (Phi) is 3.96. The number of hydrogen-bond acceptors (Lipinski definition) is 2. The highest BCUT2D eigenvalue weighted by molar-refractivity contribution is 5.80.